The number of nitrogens with zero attached hydrogens (tertiary/aromatic N) is 1. The third-order valence-electron chi connectivity index (χ3n) is 4.09. The van der Waals surface area contributed by atoms with Crippen molar-refractivity contribution in [3.8, 4) is 28.1 Å². The molecule has 0 atom stereocenters. The molecule has 0 unspecified atom stereocenters. The van der Waals surface area contributed by atoms with Gasteiger partial charge in [0.15, 0.2) is 4.90 Å². The van der Waals surface area contributed by atoms with E-state index in [2.05, 4.69) is 9.72 Å². The summed E-state index contributed by atoms with van der Waals surface area (Å²) >= 11 is 0. The molecule has 0 aliphatic rings. The van der Waals surface area contributed by atoms with Gasteiger partial charge >= 0.3 is 6.36 Å². The van der Waals surface area contributed by atoms with E-state index in [4.69, 9.17) is 5.14 Å². The van der Waals surface area contributed by atoms with Crippen molar-refractivity contribution >= 4 is 10.0 Å². The van der Waals surface area contributed by atoms with Crippen LogP contribution in [0.1, 0.15) is 5.56 Å². The van der Waals surface area contributed by atoms with Crippen molar-refractivity contribution in [1.82, 2.24) is 4.98 Å². The molecule has 11 heteroatoms. The summed E-state index contributed by atoms with van der Waals surface area (Å²) in [5.74, 6) is -3.29. The molecule has 5 nitrogen and oxygen atoms in total. The molecule has 1 heterocycles. The number of ether oxygens (including phenoxy) is 1. The van der Waals surface area contributed by atoms with Crippen LogP contribution in [0.25, 0.3) is 22.4 Å². The molecule has 0 saturated heterocycles. The van der Waals surface area contributed by atoms with Crippen LogP contribution in [0.4, 0.5) is 22.0 Å². The number of aryl methyl sites for hydroxylation is 1. The van der Waals surface area contributed by atoms with E-state index in [1.807, 2.05) is 0 Å². The number of hydrogen-bond donors (Lipinski definition) is 1. The van der Waals surface area contributed by atoms with E-state index in [9.17, 15) is 30.4 Å². The van der Waals surface area contributed by atoms with E-state index < -0.39 is 38.7 Å². The SMILES string of the molecule is Cc1ccc(-c2cccnc2-c2cc(F)c(S(N)(=O)=O)c(F)c2)cc1OC(F)(F)F. The van der Waals surface area contributed by atoms with Gasteiger partial charge in [-0.15, -0.1) is 13.2 Å². The molecule has 0 spiro atoms. The van der Waals surface area contributed by atoms with Gasteiger partial charge in [0.1, 0.15) is 17.4 Å². The predicted molar refractivity (Wildman–Crippen MR) is 97.8 cm³/mol. The summed E-state index contributed by atoms with van der Waals surface area (Å²) in [6.45, 7) is 1.42. The van der Waals surface area contributed by atoms with Gasteiger partial charge in [0.2, 0.25) is 10.0 Å². The molecule has 0 fully saturated rings. The van der Waals surface area contributed by atoms with Crippen molar-refractivity contribution in [1.29, 1.82) is 0 Å². The Labute approximate surface area is 168 Å². The summed E-state index contributed by atoms with van der Waals surface area (Å²) in [5, 5.41) is 4.82. The number of benzene rings is 2. The van der Waals surface area contributed by atoms with E-state index >= 15 is 0 Å². The van der Waals surface area contributed by atoms with Crippen LogP contribution < -0.4 is 9.88 Å². The number of rotatable bonds is 4. The summed E-state index contributed by atoms with van der Waals surface area (Å²) in [4.78, 5) is 2.76. The molecule has 0 aliphatic heterocycles. The third-order valence-corrected chi connectivity index (χ3v) is 5.05. The molecule has 0 radical (unpaired) electrons. The average Bonchev–Trinajstić information content (AvgIpc) is 2.60. The highest BCUT2D eigenvalue weighted by Crippen LogP contribution is 2.36. The number of nitrogens with two attached hydrogens (primary N) is 1. The lowest BCUT2D eigenvalue weighted by Crippen LogP contribution is -2.17. The number of alkyl halides is 3. The van der Waals surface area contributed by atoms with Gasteiger partial charge in [-0.3, -0.25) is 4.98 Å². The Bertz CT molecular complexity index is 1200. The average molecular weight is 444 g/mol. The molecule has 30 heavy (non-hydrogen) atoms. The van der Waals surface area contributed by atoms with Crippen LogP contribution in [0.15, 0.2) is 53.6 Å². The van der Waals surface area contributed by atoms with Crippen LogP contribution in [-0.2, 0) is 10.0 Å². The Balaban J connectivity index is 2.17. The van der Waals surface area contributed by atoms with Crippen LogP contribution in [-0.4, -0.2) is 19.8 Å². The Morgan fingerprint density at radius 2 is 1.63 bits per heavy atom. The first-order valence-electron chi connectivity index (χ1n) is 8.21. The minimum absolute atomic E-state index is 0.0121. The van der Waals surface area contributed by atoms with E-state index in [1.165, 1.54) is 37.4 Å². The van der Waals surface area contributed by atoms with Crippen molar-refractivity contribution in [2.45, 2.75) is 18.2 Å². The Hall–Kier alpha value is -3.05. The second-order valence-corrected chi connectivity index (χ2v) is 7.74. The lowest BCUT2D eigenvalue weighted by molar-refractivity contribution is -0.274. The number of primary sulfonamides is 1. The van der Waals surface area contributed by atoms with Crippen LogP contribution in [0.3, 0.4) is 0 Å². The zero-order valence-corrected chi connectivity index (χ0v) is 16.0. The first-order chi connectivity index (χ1) is 13.9. The fraction of sp³-hybridized carbons (Fsp3) is 0.105. The normalized spacial score (nSPS) is 12.1. The summed E-state index contributed by atoms with van der Waals surface area (Å²) in [5.41, 5.74) is 0.576. The van der Waals surface area contributed by atoms with Crippen LogP contribution in [0.2, 0.25) is 0 Å². The highest BCUT2D eigenvalue weighted by atomic mass is 32.2. The fourth-order valence-corrected chi connectivity index (χ4v) is 3.50. The Kier molecular flexibility index (Phi) is 5.52. The molecule has 2 aromatic carbocycles. The van der Waals surface area contributed by atoms with Gasteiger partial charge < -0.3 is 4.74 Å². The van der Waals surface area contributed by atoms with Crippen molar-refractivity contribution in [2.75, 3.05) is 0 Å². The van der Waals surface area contributed by atoms with E-state index in [0.717, 1.165) is 18.2 Å². The highest BCUT2D eigenvalue weighted by molar-refractivity contribution is 7.89. The Morgan fingerprint density at radius 3 is 2.20 bits per heavy atom. The molecule has 158 valence electrons. The quantitative estimate of drug-likeness (QED) is 0.599. The lowest BCUT2D eigenvalue weighted by atomic mass is 9.98. The smallest absolute Gasteiger partial charge is 0.405 e. The molecule has 0 amide bonds. The van der Waals surface area contributed by atoms with E-state index in [0.29, 0.717) is 0 Å². The summed E-state index contributed by atoms with van der Waals surface area (Å²) < 4.78 is 93.2. The zero-order valence-electron chi connectivity index (χ0n) is 15.2. The van der Waals surface area contributed by atoms with Gasteiger partial charge in [-0.05, 0) is 42.3 Å². The van der Waals surface area contributed by atoms with E-state index in [-0.39, 0.29) is 27.9 Å². The molecule has 0 aliphatic carbocycles. The predicted octanol–water partition coefficient (Wildman–Crippen LogP) is 4.55. The van der Waals surface area contributed by atoms with Gasteiger partial charge in [0.05, 0.1) is 5.69 Å². The van der Waals surface area contributed by atoms with Crippen molar-refractivity contribution in [3.63, 3.8) is 0 Å². The maximum absolute atomic E-state index is 14.3. The van der Waals surface area contributed by atoms with Crippen molar-refractivity contribution < 1.29 is 35.1 Å². The van der Waals surface area contributed by atoms with E-state index in [1.54, 1.807) is 0 Å². The summed E-state index contributed by atoms with van der Waals surface area (Å²) in [6, 6.07) is 8.42. The number of aromatic nitrogens is 1. The van der Waals surface area contributed by atoms with Gasteiger partial charge in [0, 0.05) is 17.3 Å². The zero-order chi connectivity index (χ0) is 22.3. The summed E-state index contributed by atoms with van der Waals surface area (Å²) in [7, 11) is -4.65. The molecule has 2 N–H and O–H groups in total. The molecule has 1 aromatic heterocycles. The largest absolute Gasteiger partial charge is 0.573 e. The van der Waals surface area contributed by atoms with Crippen LogP contribution in [0.5, 0.6) is 5.75 Å². The monoisotopic (exact) mass is 444 g/mol. The number of hydrogen-bond acceptors (Lipinski definition) is 4. The first-order valence-corrected chi connectivity index (χ1v) is 9.75. The lowest BCUT2D eigenvalue weighted by Gasteiger charge is -2.15. The molecule has 3 aromatic rings. The van der Waals surface area contributed by atoms with Crippen molar-refractivity contribution in [3.05, 3.63) is 65.9 Å². The molecule has 3 rings (SSSR count). The topological polar surface area (TPSA) is 82.3 Å². The third kappa shape index (κ3) is 4.57. The summed E-state index contributed by atoms with van der Waals surface area (Å²) in [6.07, 6.45) is -3.60. The number of pyridine rings is 1. The van der Waals surface area contributed by atoms with Gasteiger partial charge in [0.25, 0.3) is 0 Å². The Morgan fingerprint density at radius 1 is 1.00 bits per heavy atom. The second-order valence-electron chi connectivity index (χ2n) is 6.24. The highest BCUT2D eigenvalue weighted by Gasteiger charge is 2.32. The first kappa shape index (κ1) is 21.7. The maximum Gasteiger partial charge on any atom is 0.573 e. The minimum atomic E-state index is -4.91. The van der Waals surface area contributed by atoms with Crippen LogP contribution >= 0.6 is 0 Å². The maximum atomic E-state index is 14.3. The van der Waals surface area contributed by atoms with Crippen LogP contribution in [0, 0.1) is 18.6 Å². The minimum Gasteiger partial charge on any atom is -0.405 e. The molecular formula is C19H13F5N2O3S. The number of sulfonamides is 1. The van der Waals surface area contributed by atoms with Crippen molar-refractivity contribution in [2.24, 2.45) is 5.14 Å². The standard InChI is InChI=1S/C19H13F5N2O3S/c1-10-4-5-11(9-16(10)29-19(22,23)24)13-3-2-6-26-17(13)12-7-14(20)18(15(21)8-12)30(25,27)28/h2-9H,1H3,(H2,25,27,28). The molecule has 0 bridgehead atoms. The fourth-order valence-electron chi connectivity index (χ4n) is 2.84. The van der Waals surface area contributed by atoms with Gasteiger partial charge in [-0.25, -0.2) is 22.3 Å². The molecule has 0 saturated carbocycles. The second kappa shape index (κ2) is 7.65. The number of halogens is 5. The van der Waals surface area contributed by atoms with Gasteiger partial charge in [-0.1, -0.05) is 18.2 Å². The molecular weight excluding hydrogens is 431 g/mol. The van der Waals surface area contributed by atoms with Gasteiger partial charge in [-0.2, -0.15) is 0 Å².